The highest BCUT2D eigenvalue weighted by atomic mass is 19.2. The molecule has 0 aliphatic carbocycles. The maximum Gasteiger partial charge on any atom is 0.159 e. The third-order valence-corrected chi connectivity index (χ3v) is 3.04. The van der Waals surface area contributed by atoms with Gasteiger partial charge in [-0.15, -0.1) is 0 Å². The second-order valence-electron chi connectivity index (χ2n) is 4.53. The Kier molecular flexibility index (Phi) is 3.95. The molecule has 0 radical (unpaired) electrons. The first kappa shape index (κ1) is 13.7. The Hall–Kier alpha value is -1.75. The molecule has 3 nitrogen and oxygen atoms in total. The molecule has 2 rings (SSSR count). The predicted octanol–water partition coefficient (Wildman–Crippen LogP) is 2.54. The van der Waals surface area contributed by atoms with Gasteiger partial charge in [0.05, 0.1) is 11.8 Å². The number of hydrogen-bond acceptors (Lipinski definition) is 2. The lowest BCUT2D eigenvalue weighted by atomic mass is 10.0. The van der Waals surface area contributed by atoms with Crippen molar-refractivity contribution >= 4 is 0 Å². The molecule has 1 aromatic carbocycles. The number of aliphatic hydroxyl groups is 1. The molecule has 0 saturated carbocycles. The lowest BCUT2D eigenvalue weighted by Gasteiger charge is -2.10. The summed E-state index contributed by atoms with van der Waals surface area (Å²) in [6.45, 7) is 1.95. The van der Waals surface area contributed by atoms with Crippen LogP contribution >= 0.6 is 0 Å². The zero-order valence-corrected chi connectivity index (χ0v) is 10.9. The monoisotopic (exact) mass is 266 g/mol. The molecule has 1 heterocycles. The number of rotatable bonds is 4. The zero-order chi connectivity index (χ0) is 14.0. The minimum absolute atomic E-state index is 0.232. The van der Waals surface area contributed by atoms with Crippen molar-refractivity contribution in [1.29, 1.82) is 0 Å². The average Bonchev–Trinajstić information content (AvgIpc) is 2.75. The van der Waals surface area contributed by atoms with E-state index in [1.165, 1.54) is 6.07 Å². The fraction of sp³-hybridized carbons (Fsp3) is 0.357. The quantitative estimate of drug-likeness (QED) is 0.923. The van der Waals surface area contributed by atoms with Crippen LogP contribution in [0.4, 0.5) is 8.78 Å². The van der Waals surface area contributed by atoms with Crippen molar-refractivity contribution in [1.82, 2.24) is 9.78 Å². The van der Waals surface area contributed by atoms with Crippen LogP contribution in [-0.4, -0.2) is 14.9 Å². The van der Waals surface area contributed by atoms with E-state index < -0.39 is 17.7 Å². The molecule has 1 N–H and O–H groups in total. The van der Waals surface area contributed by atoms with Gasteiger partial charge in [-0.3, -0.25) is 4.68 Å². The molecule has 5 heteroatoms. The third kappa shape index (κ3) is 2.98. The van der Waals surface area contributed by atoms with Gasteiger partial charge in [0.25, 0.3) is 0 Å². The molecule has 1 unspecified atom stereocenters. The van der Waals surface area contributed by atoms with Crippen LogP contribution in [0.1, 0.15) is 29.8 Å². The molecule has 0 amide bonds. The van der Waals surface area contributed by atoms with Crippen molar-refractivity contribution in [2.75, 3.05) is 0 Å². The van der Waals surface area contributed by atoms with Crippen LogP contribution < -0.4 is 0 Å². The first-order valence-corrected chi connectivity index (χ1v) is 6.15. The molecule has 19 heavy (non-hydrogen) atoms. The van der Waals surface area contributed by atoms with Gasteiger partial charge >= 0.3 is 0 Å². The Morgan fingerprint density at radius 2 is 2.05 bits per heavy atom. The van der Waals surface area contributed by atoms with E-state index in [0.717, 1.165) is 23.4 Å². The number of halogens is 2. The van der Waals surface area contributed by atoms with Gasteiger partial charge in [-0.05, 0) is 24.1 Å². The minimum Gasteiger partial charge on any atom is -0.388 e. The first-order valence-electron chi connectivity index (χ1n) is 6.15. The fourth-order valence-corrected chi connectivity index (χ4v) is 2.11. The zero-order valence-electron chi connectivity index (χ0n) is 10.9. The van der Waals surface area contributed by atoms with E-state index in [-0.39, 0.29) is 6.42 Å². The minimum atomic E-state index is -0.897. The van der Waals surface area contributed by atoms with Crippen LogP contribution in [0.5, 0.6) is 0 Å². The van der Waals surface area contributed by atoms with Crippen molar-refractivity contribution in [2.24, 2.45) is 7.05 Å². The first-order chi connectivity index (χ1) is 9.01. The molecule has 0 saturated heterocycles. The molecule has 1 atom stereocenters. The van der Waals surface area contributed by atoms with Gasteiger partial charge in [0.15, 0.2) is 11.6 Å². The summed E-state index contributed by atoms with van der Waals surface area (Å²) in [6.07, 6.45) is 1.93. The second-order valence-corrected chi connectivity index (χ2v) is 4.53. The number of hydrogen-bond donors (Lipinski definition) is 1. The molecular formula is C14H16F2N2O. The smallest absolute Gasteiger partial charge is 0.159 e. The standard InChI is InChI=1S/C14H16F2N2O/c1-3-13-10(8-18(2)17-13)14(19)7-9-4-5-11(15)12(16)6-9/h4-6,8,14,19H,3,7H2,1-2H3. The van der Waals surface area contributed by atoms with E-state index in [9.17, 15) is 13.9 Å². The van der Waals surface area contributed by atoms with Gasteiger partial charge < -0.3 is 5.11 Å². The van der Waals surface area contributed by atoms with Gasteiger partial charge in [0.2, 0.25) is 0 Å². The molecular weight excluding hydrogens is 250 g/mol. The van der Waals surface area contributed by atoms with E-state index in [4.69, 9.17) is 0 Å². The molecule has 0 aliphatic rings. The number of aryl methyl sites for hydroxylation is 2. The van der Waals surface area contributed by atoms with E-state index in [1.54, 1.807) is 17.9 Å². The fourth-order valence-electron chi connectivity index (χ4n) is 2.11. The Labute approximate surface area is 110 Å². The van der Waals surface area contributed by atoms with Gasteiger partial charge in [-0.1, -0.05) is 13.0 Å². The van der Waals surface area contributed by atoms with Crippen LogP contribution in [0.25, 0.3) is 0 Å². The summed E-state index contributed by atoms with van der Waals surface area (Å²) >= 11 is 0. The molecule has 102 valence electrons. The van der Waals surface area contributed by atoms with E-state index in [2.05, 4.69) is 5.10 Å². The van der Waals surface area contributed by atoms with Crippen LogP contribution in [0.2, 0.25) is 0 Å². The van der Waals surface area contributed by atoms with Crippen molar-refractivity contribution in [3.05, 3.63) is 52.9 Å². The lowest BCUT2D eigenvalue weighted by molar-refractivity contribution is 0.177. The second kappa shape index (κ2) is 5.48. The van der Waals surface area contributed by atoms with Crippen molar-refractivity contribution < 1.29 is 13.9 Å². The Bertz CT molecular complexity index is 581. The summed E-state index contributed by atoms with van der Waals surface area (Å²) in [6, 6.07) is 3.66. The highest BCUT2D eigenvalue weighted by Crippen LogP contribution is 2.22. The summed E-state index contributed by atoms with van der Waals surface area (Å²) in [5.74, 6) is -1.78. The summed E-state index contributed by atoms with van der Waals surface area (Å²) in [4.78, 5) is 0. The number of aromatic nitrogens is 2. The maximum atomic E-state index is 13.1. The van der Waals surface area contributed by atoms with Gasteiger partial charge in [-0.2, -0.15) is 5.10 Å². The van der Waals surface area contributed by atoms with Gasteiger partial charge in [0.1, 0.15) is 0 Å². The Morgan fingerprint density at radius 3 is 2.68 bits per heavy atom. The van der Waals surface area contributed by atoms with Crippen LogP contribution in [0.3, 0.4) is 0 Å². The third-order valence-electron chi connectivity index (χ3n) is 3.04. The van der Waals surface area contributed by atoms with E-state index in [1.807, 2.05) is 6.92 Å². The Balaban J connectivity index is 2.20. The van der Waals surface area contributed by atoms with Crippen LogP contribution in [0, 0.1) is 11.6 Å². The maximum absolute atomic E-state index is 13.1. The number of benzene rings is 1. The number of aliphatic hydroxyl groups excluding tert-OH is 1. The predicted molar refractivity (Wildman–Crippen MR) is 67.6 cm³/mol. The normalized spacial score (nSPS) is 12.7. The highest BCUT2D eigenvalue weighted by molar-refractivity contribution is 5.24. The van der Waals surface area contributed by atoms with Crippen molar-refractivity contribution in [3.8, 4) is 0 Å². The van der Waals surface area contributed by atoms with Crippen molar-refractivity contribution in [3.63, 3.8) is 0 Å². The van der Waals surface area contributed by atoms with Gasteiger partial charge in [0, 0.05) is 25.2 Å². The summed E-state index contributed by atoms with van der Waals surface area (Å²) in [5, 5.41) is 14.4. The molecule has 0 fully saturated rings. The average molecular weight is 266 g/mol. The molecule has 0 aliphatic heterocycles. The van der Waals surface area contributed by atoms with Gasteiger partial charge in [-0.25, -0.2) is 8.78 Å². The largest absolute Gasteiger partial charge is 0.388 e. The van der Waals surface area contributed by atoms with Crippen LogP contribution in [0.15, 0.2) is 24.4 Å². The molecule has 2 aromatic rings. The lowest BCUT2D eigenvalue weighted by Crippen LogP contribution is -2.04. The van der Waals surface area contributed by atoms with E-state index in [0.29, 0.717) is 12.0 Å². The van der Waals surface area contributed by atoms with Crippen molar-refractivity contribution in [2.45, 2.75) is 25.9 Å². The summed E-state index contributed by atoms with van der Waals surface area (Å²) in [5.41, 5.74) is 2.10. The molecule has 1 aromatic heterocycles. The molecule has 0 spiro atoms. The SMILES string of the molecule is CCc1nn(C)cc1C(O)Cc1ccc(F)c(F)c1. The molecule has 0 bridgehead atoms. The number of nitrogens with zero attached hydrogens (tertiary/aromatic N) is 2. The topological polar surface area (TPSA) is 38.0 Å². The Morgan fingerprint density at radius 1 is 1.32 bits per heavy atom. The summed E-state index contributed by atoms with van der Waals surface area (Å²) in [7, 11) is 1.78. The van der Waals surface area contributed by atoms with Crippen LogP contribution in [-0.2, 0) is 19.9 Å². The van der Waals surface area contributed by atoms with E-state index >= 15 is 0 Å². The summed E-state index contributed by atoms with van der Waals surface area (Å²) < 4.78 is 27.6. The highest BCUT2D eigenvalue weighted by Gasteiger charge is 2.16.